The number of aromatic nitrogens is 1. The molecule has 1 aromatic heterocycles. The van der Waals surface area contributed by atoms with E-state index in [0.717, 1.165) is 30.6 Å². The molecule has 1 aromatic rings. The predicted molar refractivity (Wildman–Crippen MR) is 108 cm³/mol. The van der Waals surface area contributed by atoms with Crippen LogP contribution in [0.25, 0.3) is 5.57 Å². The van der Waals surface area contributed by atoms with Gasteiger partial charge in [0.25, 0.3) is 0 Å². The molecule has 6 atom stereocenters. The molecule has 4 unspecified atom stereocenters. The average molecular weight is 370 g/mol. The Morgan fingerprint density at radius 2 is 1.88 bits per heavy atom. The monoisotopic (exact) mass is 369 g/mol. The number of hydrogen-bond acceptors (Lipinski definition) is 3. The van der Waals surface area contributed by atoms with Crippen LogP contribution in [-0.4, -0.2) is 16.2 Å². The maximum Gasteiger partial charge on any atom is 0.0901 e. The van der Waals surface area contributed by atoms with Gasteiger partial charge >= 0.3 is 0 Å². The van der Waals surface area contributed by atoms with Gasteiger partial charge in [0.15, 0.2) is 0 Å². The Bertz CT molecular complexity index is 792. The molecule has 4 aliphatic carbocycles. The number of aliphatic hydroxyl groups excluding tert-OH is 1. The molecule has 2 saturated carbocycles. The van der Waals surface area contributed by atoms with Gasteiger partial charge in [-0.3, -0.25) is 0 Å². The van der Waals surface area contributed by atoms with Crippen LogP contribution in [-0.2, 0) is 0 Å². The van der Waals surface area contributed by atoms with Crippen LogP contribution in [0.5, 0.6) is 0 Å². The normalized spacial score (nSPS) is 44.6. The van der Waals surface area contributed by atoms with Crippen molar-refractivity contribution in [1.29, 1.82) is 0 Å². The van der Waals surface area contributed by atoms with E-state index in [0.29, 0.717) is 10.8 Å². The van der Waals surface area contributed by atoms with Crippen LogP contribution in [0.1, 0.15) is 69.5 Å². The van der Waals surface area contributed by atoms with Crippen molar-refractivity contribution in [1.82, 2.24) is 4.98 Å². The van der Waals surface area contributed by atoms with Crippen molar-refractivity contribution in [2.45, 2.75) is 71.8 Å². The number of aryl methyl sites for hydroxylation is 1. The topological polar surface area (TPSA) is 33.1 Å². The fraction of sp³-hybridized carbons (Fsp3) is 0.696. The highest BCUT2D eigenvalue weighted by molar-refractivity contribution is 7.09. The molecule has 4 aliphatic rings. The summed E-state index contributed by atoms with van der Waals surface area (Å²) in [6.07, 6.45) is 13.1. The van der Waals surface area contributed by atoms with Crippen LogP contribution in [0, 0.1) is 35.5 Å². The van der Waals surface area contributed by atoms with E-state index in [9.17, 15) is 5.11 Å². The van der Waals surface area contributed by atoms with E-state index in [-0.39, 0.29) is 6.10 Å². The molecule has 0 aliphatic heterocycles. The highest BCUT2D eigenvalue weighted by Crippen LogP contribution is 2.66. The molecule has 0 amide bonds. The van der Waals surface area contributed by atoms with Gasteiger partial charge in [-0.05, 0) is 86.0 Å². The van der Waals surface area contributed by atoms with Gasteiger partial charge in [-0.15, -0.1) is 11.3 Å². The molecule has 26 heavy (non-hydrogen) atoms. The minimum Gasteiger partial charge on any atom is -0.393 e. The maximum atomic E-state index is 10.2. The van der Waals surface area contributed by atoms with E-state index < -0.39 is 0 Å². The molecule has 3 heteroatoms. The number of allylic oxidation sites excluding steroid dienone is 3. The molecule has 0 spiro atoms. The molecule has 0 saturated heterocycles. The lowest BCUT2D eigenvalue weighted by Crippen LogP contribution is -2.49. The van der Waals surface area contributed by atoms with Crippen LogP contribution in [0.3, 0.4) is 0 Å². The van der Waals surface area contributed by atoms with Crippen molar-refractivity contribution < 1.29 is 5.11 Å². The predicted octanol–water partition coefficient (Wildman–Crippen LogP) is 5.77. The van der Waals surface area contributed by atoms with E-state index in [4.69, 9.17) is 4.98 Å². The van der Waals surface area contributed by atoms with Crippen LogP contribution >= 0.6 is 11.3 Å². The molecular formula is C23H31NOS. The minimum atomic E-state index is -0.104. The Morgan fingerprint density at radius 3 is 2.65 bits per heavy atom. The van der Waals surface area contributed by atoms with Crippen molar-refractivity contribution >= 4 is 16.9 Å². The summed E-state index contributed by atoms with van der Waals surface area (Å²) in [5, 5.41) is 13.6. The van der Waals surface area contributed by atoms with Crippen molar-refractivity contribution in [3.05, 3.63) is 33.8 Å². The molecule has 0 aromatic carbocycles. The zero-order chi connectivity index (χ0) is 18.1. The van der Waals surface area contributed by atoms with Gasteiger partial charge in [0, 0.05) is 5.38 Å². The van der Waals surface area contributed by atoms with Crippen molar-refractivity contribution in [2.75, 3.05) is 0 Å². The average Bonchev–Trinajstić information content (AvgIpc) is 3.18. The highest BCUT2D eigenvalue weighted by Gasteiger charge is 2.56. The minimum absolute atomic E-state index is 0.104. The molecule has 5 rings (SSSR count). The van der Waals surface area contributed by atoms with E-state index in [1.807, 2.05) is 0 Å². The number of fused-ring (bicyclic) bond motifs is 5. The Kier molecular flexibility index (Phi) is 3.82. The second-order valence-corrected chi connectivity index (χ2v) is 10.8. The first-order valence-electron chi connectivity index (χ1n) is 10.4. The van der Waals surface area contributed by atoms with Gasteiger partial charge in [-0.1, -0.05) is 31.6 Å². The van der Waals surface area contributed by atoms with Gasteiger partial charge < -0.3 is 5.11 Å². The standard InChI is InChI=1S/C23H31NOS/c1-14-24-21(13-26-14)20-7-6-18-17-5-4-15-12-16(25)8-10-22(15,2)19(17)9-11-23(18,20)3/h4,7,13,16-19,25H,5-6,8-12H2,1-3H3/t16?,17?,18?,19?,22-,23-/m0/s1. The van der Waals surface area contributed by atoms with Crippen molar-refractivity contribution in [2.24, 2.45) is 28.6 Å². The molecule has 1 N–H and O–H groups in total. The van der Waals surface area contributed by atoms with Gasteiger partial charge in [0.1, 0.15) is 0 Å². The molecule has 0 radical (unpaired) electrons. The number of aliphatic hydroxyl groups is 1. The van der Waals surface area contributed by atoms with Gasteiger partial charge in [-0.25, -0.2) is 4.98 Å². The summed E-state index contributed by atoms with van der Waals surface area (Å²) >= 11 is 1.78. The summed E-state index contributed by atoms with van der Waals surface area (Å²) in [5.74, 6) is 2.36. The second-order valence-electron chi connectivity index (χ2n) is 9.72. The van der Waals surface area contributed by atoms with Crippen LogP contribution in [0.4, 0.5) is 0 Å². The lowest BCUT2D eigenvalue weighted by molar-refractivity contribution is -0.0238. The molecule has 140 valence electrons. The molecule has 2 nitrogen and oxygen atoms in total. The zero-order valence-corrected chi connectivity index (χ0v) is 17.1. The molecule has 1 heterocycles. The quantitative estimate of drug-likeness (QED) is 0.638. The Hall–Kier alpha value is -0.930. The van der Waals surface area contributed by atoms with Crippen LogP contribution in [0.2, 0.25) is 0 Å². The zero-order valence-electron chi connectivity index (χ0n) is 16.3. The summed E-state index contributed by atoms with van der Waals surface area (Å²) in [6, 6.07) is 0. The Labute approximate surface area is 161 Å². The largest absolute Gasteiger partial charge is 0.393 e. The fourth-order valence-electron chi connectivity index (χ4n) is 7.09. The Balaban J connectivity index is 1.47. The molecule has 0 bridgehead atoms. The SMILES string of the molecule is Cc1nc(C2=CCC3C4CC=C5CC(O)CC[C@]5(C)C4CC[C@]23C)cs1. The summed E-state index contributed by atoms with van der Waals surface area (Å²) < 4.78 is 0. The smallest absolute Gasteiger partial charge is 0.0901 e. The van der Waals surface area contributed by atoms with E-state index in [1.54, 1.807) is 16.9 Å². The summed E-state index contributed by atoms with van der Waals surface area (Å²) in [6.45, 7) is 7.15. The maximum absolute atomic E-state index is 10.2. The van der Waals surface area contributed by atoms with Gasteiger partial charge in [-0.2, -0.15) is 0 Å². The first kappa shape index (κ1) is 17.2. The third-order valence-electron chi connectivity index (χ3n) is 8.55. The number of nitrogens with zero attached hydrogens (tertiary/aromatic N) is 1. The van der Waals surface area contributed by atoms with Crippen molar-refractivity contribution in [3.8, 4) is 0 Å². The highest BCUT2D eigenvalue weighted by atomic mass is 32.1. The van der Waals surface area contributed by atoms with Crippen LogP contribution < -0.4 is 0 Å². The molecule has 2 fully saturated rings. The third-order valence-corrected chi connectivity index (χ3v) is 9.33. The first-order chi connectivity index (χ1) is 12.4. The van der Waals surface area contributed by atoms with E-state index in [1.165, 1.54) is 48.4 Å². The number of rotatable bonds is 1. The lowest BCUT2D eigenvalue weighted by atomic mass is 9.47. The van der Waals surface area contributed by atoms with Crippen LogP contribution in [0.15, 0.2) is 23.1 Å². The third kappa shape index (κ3) is 2.29. The summed E-state index contributed by atoms with van der Waals surface area (Å²) in [4.78, 5) is 4.83. The van der Waals surface area contributed by atoms with Gasteiger partial charge in [0.05, 0.1) is 16.8 Å². The number of hydrogen-bond donors (Lipinski definition) is 1. The Morgan fingerprint density at radius 1 is 1.08 bits per heavy atom. The van der Waals surface area contributed by atoms with Gasteiger partial charge in [0.2, 0.25) is 0 Å². The second kappa shape index (κ2) is 5.78. The first-order valence-corrected chi connectivity index (χ1v) is 11.3. The lowest BCUT2D eigenvalue weighted by Gasteiger charge is -2.57. The summed E-state index contributed by atoms with van der Waals surface area (Å²) in [5.41, 5.74) is 4.99. The fourth-order valence-corrected chi connectivity index (χ4v) is 7.71. The summed E-state index contributed by atoms with van der Waals surface area (Å²) in [7, 11) is 0. The number of thiazole rings is 1. The van der Waals surface area contributed by atoms with Crippen molar-refractivity contribution in [3.63, 3.8) is 0 Å². The van der Waals surface area contributed by atoms with E-state index >= 15 is 0 Å². The van der Waals surface area contributed by atoms with E-state index in [2.05, 4.69) is 38.3 Å². The molecular weight excluding hydrogens is 338 g/mol.